The third-order valence-corrected chi connectivity index (χ3v) is 4.84. The first kappa shape index (κ1) is 19.2. The monoisotopic (exact) mass is 401 g/mol. The molecule has 0 spiro atoms. The minimum absolute atomic E-state index is 0.199. The van der Waals surface area contributed by atoms with Crippen LogP contribution in [-0.4, -0.2) is 18.5 Å². The third-order valence-electron chi connectivity index (χ3n) is 4.18. The second-order valence-electron chi connectivity index (χ2n) is 5.85. The molecule has 1 heterocycles. The topological polar surface area (TPSA) is 46.6 Å². The zero-order valence-corrected chi connectivity index (χ0v) is 16.3. The lowest BCUT2D eigenvalue weighted by Gasteiger charge is -2.17. The summed E-state index contributed by atoms with van der Waals surface area (Å²) in [4.78, 5) is 27.3. The molecule has 0 saturated heterocycles. The summed E-state index contributed by atoms with van der Waals surface area (Å²) in [5.74, 6) is -0.894. The number of hydrogen-bond acceptors (Lipinski definition) is 3. The Bertz CT molecular complexity index is 944. The van der Waals surface area contributed by atoms with Crippen molar-refractivity contribution in [2.75, 3.05) is 11.5 Å². The zero-order chi connectivity index (χ0) is 19.6. The highest BCUT2D eigenvalue weighted by molar-refractivity contribution is 6.37. The van der Waals surface area contributed by atoms with Crippen LogP contribution in [-0.2, 0) is 14.3 Å². The number of allylic oxidation sites excluding steroid dienone is 1. The van der Waals surface area contributed by atoms with Gasteiger partial charge in [0.05, 0.1) is 17.8 Å². The normalized spacial score (nSPS) is 15.6. The number of amides is 1. The van der Waals surface area contributed by atoms with E-state index in [1.54, 1.807) is 50.3 Å². The number of esters is 1. The van der Waals surface area contributed by atoms with Gasteiger partial charge in [-0.25, -0.2) is 4.79 Å². The van der Waals surface area contributed by atoms with Gasteiger partial charge in [0.2, 0.25) is 0 Å². The molecule has 138 valence electrons. The molecule has 4 nitrogen and oxygen atoms in total. The molecule has 0 fully saturated rings. The van der Waals surface area contributed by atoms with E-state index in [2.05, 4.69) is 0 Å². The summed E-state index contributed by atoms with van der Waals surface area (Å²) in [5.41, 5.74) is 2.05. The molecule has 0 aliphatic carbocycles. The SMILES string of the molecule is CCOC(=O)C1=C(C)N(c2ccccc2)C(=O)/C1=C\c1c(Cl)cccc1Cl. The predicted octanol–water partition coefficient (Wildman–Crippen LogP) is 5.26. The number of carbonyl (C=O) groups excluding carboxylic acids is 2. The number of para-hydroxylation sites is 1. The van der Waals surface area contributed by atoms with Gasteiger partial charge in [0.15, 0.2) is 0 Å². The molecule has 1 amide bonds. The summed E-state index contributed by atoms with van der Waals surface area (Å²) in [6.07, 6.45) is 1.55. The van der Waals surface area contributed by atoms with Crippen LogP contribution >= 0.6 is 23.2 Å². The van der Waals surface area contributed by atoms with E-state index < -0.39 is 5.97 Å². The Hall–Kier alpha value is -2.56. The Kier molecular flexibility index (Phi) is 5.68. The predicted molar refractivity (Wildman–Crippen MR) is 108 cm³/mol. The second kappa shape index (κ2) is 7.99. The average Bonchev–Trinajstić information content (AvgIpc) is 2.89. The molecule has 1 aliphatic heterocycles. The van der Waals surface area contributed by atoms with Crippen LogP contribution in [0.15, 0.2) is 65.4 Å². The summed E-state index contributed by atoms with van der Waals surface area (Å²) < 4.78 is 5.17. The van der Waals surface area contributed by atoms with E-state index in [-0.39, 0.29) is 23.7 Å². The molecule has 0 N–H and O–H groups in total. The third kappa shape index (κ3) is 3.64. The van der Waals surface area contributed by atoms with Gasteiger partial charge in [0.1, 0.15) is 0 Å². The fourth-order valence-electron chi connectivity index (χ4n) is 2.96. The van der Waals surface area contributed by atoms with Crippen LogP contribution in [0.4, 0.5) is 5.69 Å². The van der Waals surface area contributed by atoms with Crippen molar-refractivity contribution in [1.29, 1.82) is 0 Å². The molecular weight excluding hydrogens is 385 g/mol. The Morgan fingerprint density at radius 2 is 1.70 bits per heavy atom. The largest absolute Gasteiger partial charge is 0.462 e. The van der Waals surface area contributed by atoms with Gasteiger partial charge in [-0.2, -0.15) is 0 Å². The summed E-state index contributed by atoms with van der Waals surface area (Å²) in [7, 11) is 0. The molecular formula is C21H17Cl2NO3. The van der Waals surface area contributed by atoms with E-state index in [1.165, 1.54) is 4.90 Å². The molecule has 3 rings (SSSR count). The van der Waals surface area contributed by atoms with Crippen molar-refractivity contribution in [2.24, 2.45) is 0 Å². The van der Waals surface area contributed by atoms with E-state index in [9.17, 15) is 9.59 Å². The van der Waals surface area contributed by atoms with Gasteiger partial charge in [-0.3, -0.25) is 9.69 Å². The molecule has 0 atom stereocenters. The fraction of sp³-hybridized carbons (Fsp3) is 0.143. The first-order chi connectivity index (χ1) is 13.0. The minimum Gasteiger partial charge on any atom is -0.462 e. The van der Waals surface area contributed by atoms with Crippen LogP contribution in [0.5, 0.6) is 0 Å². The van der Waals surface area contributed by atoms with Crippen LogP contribution in [0.1, 0.15) is 19.4 Å². The first-order valence-electron chi connectivity index (χ1n) is 8.39. The lowest BCUT2D eigenvalue weighted by atomic mass is 10.0. The molecule has 2 aromatic carbocycles. The van der Waals surface area contributed by atoms with Crippen molar-refractivity contribution >= 4 is 46.8 Å². The highest BCUT2D eigenvalue weighted by atomic mass is 35.5. The van der Waals surface area contributed by atoms with Crippen LogP contribution in [0.3, 0.4) is 0 Å². The number of carbonyl (C=O) groups is 2. The van der Waals surface area contributed by atoms with Gasteiger partial charge in [-0.1, -0.05) is 47.5 Å². The number of rotatable bonds is 4. The average molecular weight is 402 g/mol. The van der Waals surface area contributed by atoms with E-state index in [1.807, 2.05) is 18.2 Å². The van der Waals surface area contributed by atoms with Gasteiger partial charge in [0, 0.05) is 27.0 Å². The van der Waals surface area contributed by atoms with Gasteiger partial charge in [0.25, 0.3) is 5.91 Å². The number of hydrogen-bond donors (Lipinski definition) is 0. The van der Waals surface area contributed by atoms with Crippen molar-refractivity contribution in [2.45, 2.75) is 13.8 Å². The summed E-state index contributed by atoms with van der Waals surface area (Å²) >= 11 is 12.5. The van der Waals surface area contributed by atoms with Gasteiger partial charge in [-0.15, -0.1) is 0 Å². The van der Waals surface area contributed by atoms with Crippen molar-refractivity contribution in [3.63, 3.8) is 0 Å². The molecule has 6 heteroatoms. The smallest absolute Gasteiger partial charge is 0.340 e. The summed E-state index contributed by atoms with van der Waals surface area (Å²) in [6.45, 7) is 3.63. The van der Waals surface area contributed by atoms with Gasteiger partial charge < -0.3 is 4.74 Å². The Labute approximate surface area is 167 Å². The zero-order valence-electron chi connectivity index (χ0n) is 14.8. The Morgan fingerprint density at radius 3 is 2.30 bits per heavy atom. The quantitative estimate of drug-likeness (QED) is 0.518. The van der Waals surface area contributed by atoms with E-state index in [0.717, 1.165) is 0 Å². The fourth-order valence-corrected chi connectivity index (χ4v) is 3.47. The second-order valence-corrected chi connectivity index (χ2v) is 6.66. The van der Waals surface area contributed by atoms with Crippen LogP contribution in [0, 0.1) is 0 Å². The Balaban J connectivity index is 2.19. The molecule has 27 heavy (non-hydrogen) atoms. The maximum absolute atomic E-state index is 13.2. The number of ether oxygens (including phenoxy) is 1. The highest BCUT2D eigenvalue weighted by Gasteiger charge is 2.38. The summed E-state index contributed by atoms with van der Waals surface area (Å²) in [6, 6.07) is 14.2. The van der Waals surface area contributed by atoms with Crippen LogP contribution in [0.25, 0.3) is 6.08 Å². The molecule has 0 unspecified atom stereocenters. The molecule has 0 radical (unpaired) electrons. The molecule has 0 aromatic heterocycles. The molecule has 0 bridgehead atoms. The Morgan fingerprint density at radius 1 is 1.07 bits per heavy atom. The van der Waals surface area contributed by atoms with Crippen molar-refractivity contribution in [3.8, 4) is 0 Å². The first-order valence-corrected chi connectivity index (χ1v) is 9.14. The molecule has 1 aliphatic rings. The summed E-state index contributed by atoms with van der Waals surface area (Å²) in [5, 5.41) is 0.781. The molecule has 2 aromatic rings. The maximum atomic E-state index is 13.2. The maximum Gasteiger partial charge on any atom is 0.340 e. The van der Waals surface area contributed by atoms with Crippen LogP contribution < -0.4 is 4.90 Å². The van der Waals surface area contributed by atoms with Crippen molar-refractivity contribution in [3.05, 3.63) is 81.0 Å². The number of nitrogens with zero attached hydrogens (tertiary/aromatic N) is 1. The lowest BCUT2D eigenvalue weighted by molar-refractivity contribution is -0.138. The number of halogens is 2. The lowest BCUT2D eigenvalue weighted by Crippen LogP contribution is -2.24. The molecule has 0 saturated carbocycles. The van der Waals surface area contributed by atoms with E-state index in [0.29, 0.717) is 27.0 Å². The minimum atomic E-state index is -0.559. The number of benzene rings is 2. The standard InChI is InChI=1S/C21H17Cl2NO3/c1-3-27-21(26)19-13(2)24(14-8-5-4-6-9-14)20(25)16(19)12-15-17(22)10-7-11-18(15)23/h4-12H,3H2,1-2H3/b16-12-. The van der Waals surface area contributed by atoms with Gasteiger partial charge >= 0.3 is 5.97 Å². The van der Waals surface area contributed by atoms with E-state index >= 15 is 0 Å². The van der Waals surface area contributed by atoms with Crippen LogP contribution in [0.2, 0.25) is 10.0 Å². The highest BCUT2D eigenvalue weighted by Crippen LogP contribution is 2.37. The number of anilines is 1. The van der Waals surface area contributed by atoms with Gasteiger partial charge in [-0.05, 0) is 44.2 Å². The van der Waals surface area contributed by atoms with Crippen molar-refractivity contribution < 1.29 is 14.3 Å². The van der Waals surface area contributed by atoms with E-state index in [4.69, 9.17) is 27.9 Å². The van der Waals surface area contributed by atoms with Crippen molar-refractivity contribution in [1.82, 2.24) is 0 Å².